The van der Waals surface area contributed by atoms with Gasteiger partial charge in [0.1, 0.15) is 54.6 Å². The van der Waals surface area contributed by atoms with Gasteiger partial charge in [-0.25, -0.2) is 24.7 Å². The zero-order chi connectivity index (χ0) is 41.8. The number of aliphatic hydroxyl groups is 10. The molecule has 1 aliphatic rings. The van der Waals surface area contributed by atoms with E-state index in [4.69, 9.17) is 72.4 Å². The molecule has 0 radical (unpaired) electrons. The molecule has 0 bridgehead atoms. The van der Waals surface area contributed by atoms with Crippen LogP contribution in [0.4, 0.5) is 11.8 Å². The normalized spacial score (nSPS) is 20.1. The number of H-pyrrole nitrogens is 2. The second kappa shape index (κ2) is 20.2. The van der Waals surface area contributed by atoms with E-state index in [-0.39, 0.29) is 17.1 Å². The number of rotatable bonds is 12. The van der Waals surface area contributed by atoms with Crippen molar-refractivity contribution >= 4 is 52.0 Å². The van der Waals surface area contributed by atoms with Gasteiger partial charge < -0.3 is 87.6 Å². The number of anilines is 2. The summed E-state index contributed by atoms with van der Waals surface area (Å²) in [6.07, 6.45) is -8.97. The standard InChI is InChI=1S/C10H13N5O5.C6H8O7.C6H14O6.C5H5N5/c11-10-13-7-4(8(19)14-10)12-2-15(7)9-6(18)5(17)3(1-16)20-9;7-3(8)1-6(13,5(11)12)2-4(9)10;7-1-3(9)5(11)6(12)4(10)2-8;6-4-3-5(9-1-7-3)10-2-8-4/h2-3,5-6,9,16-18H,1H2,(H3,11,13,14,19);13H,1-2H2,(H,7,8)(H,9,10)(H,11,12);3-12H,1-2H2;1-2H,(H3,6,7,8,9,10)/t3-,5-,6-,9-;;3-,4-,5-,6-;/m1.1./s1. The van der Waals surface area contributed by atoms with Crippen LogP contribution in [0.5, 0.6) is 0 Å². The topological polar surface area (TPSA) is 494 Å². The van der Waals surface area contributed by atoms with Crippen LogP contribution in [0.15, 0.2) is 23.8 Å². The Balaban J connectivity index is 0.000000264. The third kappa shape index (κ3) is 12.0. The predicted molar refractivity (Wildman–Crippen MR) is 177 cm³/mol. The van der Waals surface area contributed by atoms with Gasteiger partial charge in [-0.3, -0.25) is 23.9 Å². The van der Waals surface area contributed by atoms with Crippen LogP contribution in [0.25, 0.3) is 22.3 Å². The van der Waals surface area contributed by atoms with Crippen molar-refractivity contribution in [3.63, 3.8) is 0 Å². The number of aromatic nitrogens is 8. The van der Waals surface area contributed by atoms with E-state index in [2.05, 4.69) is 34.9 Å². The fourth-order valence-corrected chi connectivity index (χ4v) is 4.41. The van der Waals surface area contributed by atoms with Crippen LogP contribution in [0.1, 0.15) is 19.1 Å². The number of imidazole rings is 2. The first-order chi connectivity index (χ1) is 25.7. The average molecular weight is 793 g/mol. The maximum absolute atomic E-state index is 11.7. The summed E-state index contributed by atoms with van der Waals surface area (Å²) in [5.74, 6) is -4.69. The van der Waals surface area contributed by atoms with E-state index in [1.807, 2.05) is 0 Å². The van der Waals surface area contributed by atoms with Crippen molar-refractivity contribution in [2.75, 3.05) is 31.3 Å². The summed E-state index contributed by atoms with van der Waals surface area (Å²) in [4.78, 5) is 66.6. The van der Waals surface area contributed by atoms with Gasteiger partial charge in [-0.1, -0.05) is 0 Å². The number of carbonyl (C=O) groups is 3. The lowest BCUT2D eigenvalue weighted by molar-refractivity contribution is -0.170. The zero-order valence-corrected chi connectivity index (χ0v) is 28.1. The number of nitrogens with zero attached hydrogens (tertiary/aromatic N) is 6. The summed E-state index contributed by atoms with van der Waals surface area (Å²) < 4.78 is 6.64. The first kappa shape index (κ1) is 45.6. The minimum atomic E-state index is -2.74. The second-order valence-corrected chi connectivity index (χ2v) is 11.3. The highest BCUT2D eigenvalue weighted by Crippen LogP contribution is 2.30. The van der Waals surface area contributed by atoms with Gasteiger partial charge in [0.2, 0.25) is 5.95 Å². The summed E-state index contributed by atoms with van der Waals surface area (Å²) in [6.45, 7) is -1.90. The van der Waals surface area contributed by atoms with Gasteiger partial charge in [0.15, 0.2) is 34.5 Å². The number of nitrogen functional groups attached to an aromatic ring is 2. The minimum Gasteiger partial charge on any atom is -0.481 e. The Morgan fingerprint density at radius 2 is 1.45 bits per heavy atom. The van der Waals surface area contributed by atoms with Crippen molar-refractivity contribution in [2.45, 2.75) is 67.4 Å². The molecule has 28 nitrogen and oxygen atoms in total. The Kier molecular flexibility index (Phi) is 16.8. The summed E-state index contributed by atoms with van der Waals surface area (Å²) in [5, 5.41) is 115. The molecule has 19 N–H and O–H groups in total. The fourth-order valence-electron chi connectivity index (χ4n) is 4.41. The van der Waals surface area contributed by atoms with Crippen LogP contribution in [-0.2, 0) is 19.1 Å². The Morgan fingerprint density at radius 3 is 1.91 bits per heavy atom. The van der Waals surface area contributed by atoms with E-state index in [0.29, 0.717) is 17.0 Å². The van der Waals surface area contributed by atoms with E-state index in [9.17, 15) is 29.4 Å². The average Bonchev–Trinajstić information content (AvgIpc) is 3.85. The molecular weight excluding hydrogens is 752 g/mol. The van der Waals surface area contributed by atoms with Crippen LogP contribution in [0.2, 0.25) is 0 Å². The molecule has 0 amide bonds. The van der Waals surface area contributed by atoms with Crippen molar-refractivity contribution in [2.24, 2.45) is 0 Å². The van der Waals surface area contributed by atoms with Crippen LogP contribution in [0, 0.1) is 0 Å². The molecule has 28 heteroatoms. The number of carboxylic acid groups (broad SMARTS) is 3. The van der Waals surface area contributed by atoms with Gasteiger partial charge in [0.05, 0.1) is 45.3 Å². The lowest BCUT2D eigenvalue weighted by Gasteiger charge is -2.24. The number of fused-ring (bicyclic) bond motifs is 2. The van der Waals surface area contributed by atoms with Crippen molar-refractivity contribution < 1.29 is 85.5 Å². The van der Waals surface area contributed by atoms with Crippen LogP contribution in [-0.4, -0.2) is 192 Å². The van der Waals surface area contributed by atoms with E-state index in [0.717, 1.165) is 0 Å². The summed E-state index contributed by atoms with van der Waals surface area (Å²) in [7, 11) is 0. The molecule has 0 spiro atoms. The number of ether oxygens (including phenoxy) is 1. The fraction of sp³-hybridized carbons (Fsp3) is 0.519. The largest absolute Gasteiger partial charge is 0.481 e. The molecule has 306 valence electrons. The van der Waals surface area contributed by atoms with Crippen LogP contribution < -0.4 is 17.0 Å². The number of hydrogen-bond donors (Lipinski definition) is 17. The minimum absolute atomic E-state index is 0.0388. The quantitative estimate of drug-likeness (QED) is 0.0633. The molecule has 0 saturated carbocycles. The zero-order valence-electron chi connectivity index (χ0n) is 28.1. The number of aromatic amines is 2. The highest BCUT2D eigenvalue weighted by molar-refractivity contribution is 5.88. The second-order valence-electron chi connectivity index (χ2n) is 11.3. The van der Waals surface area contributed by atoms with Crippen molar-refractivity contribution in [1.82, 2.24) is 39.5 Å². The monoisotopic (exact) mass is 792 g/mol. The Bertz CT molecular complexity index is 1890. The summed E-state index contributed by atoms with van der Waals surface area (Å²) >= 11 is 0. The molecule has 0 unspecified atom stereocenters. The van der Waals surface area contributed by atoms with E-state index >= 15 is 0 Å². The molecular formula is C27H40N10O18. The van der Waals surface area contributed by atoms with Gasteiger partial charge in [0, 0.05) is 0 Å². The Morgan fingerprint density at radius 1 is 0.891 bits per heavy atom. The van der Waals surface area contributed by atoms with E-state index in [1.165, 1.54) is 23.5 Å². The number of nitrogens with one attached hydrogen (secondary N) is 2. The molecule has 55 heavy (non-hydrogen) atoms. The molecule has 4 aromatic rings. The van der Waals surface area contributed by atoms with Crippen molar-refractivity contribution in [3.8, 4) is 0 Å². The summed E-state index contributed by atoms with van der Waals surface area (Å²) in [6, 6.07) is 0. The molecule has 0 aliphatic carbocycles. The molecule has 4 aromatic heterocycles. The SMILES string of the molecule is Nc1nc2c(ncn2[C@@H]2O[C@H](CO)[C@@H](O)[C@H]2O)c(=O)[nH]1.Nc1ncnc2nc[nH]c12.O=C(O)CC(O)(CC(=O)O)C(=O)O.OC[C@@H](O)[C@@H](O)[C@H](O)[C@H](O)CO. The summed E-state index contributed by atoms with van der Waals surface area (Å²) in [5.41, 5.74) is 9.16. The highest BCUT2D eigenvalue weighted by atomic mass is 16.6. The molecule has 1 fully saturated rings. The number of aliphatic carboxylic acids is 3. The number of aliphatic hydroxyl groups excluding tert-OH is 9. The third-order valence-electron chi connectivity index (χ3n) is 7.29. The Labute approximate surface area is 305 Å². The van der Waals surface area contributed by atoms with Gasteiger partial charge in [-0.2, -0.15) is 4.98 Å². The van der Waals surface area contributed by atoms with Crippen molar-refractivity contribution in [1.29, 1.82) is 0 Å². The lowest BCUT2D eigenvalue weighted by Crippen LogP contribution is -2.46. The van der Waals surface area contributed by atoms with E-state index in [1.54, 1.807) is 0 Å². The predicted octanol–water partition coefficient (Wildman–Crippen LogP) is -7.59. The third-order valence-corrected chi connectivity index (χ3v) is 7.29. The van der Waals surface area contributed by atoms with Crippen molar-refractivity contribution in [3.05, 3.63) is 29.3 Å². The first-order valence-electron chi connectivity index (χ1n) is 15.3. The molecule has 1 aliphatic heterocycles. The number of hydrogen-bond acceptors (Lipinski definition) is 22. The van der Waals surface area contributed by atoms with Crippen LogP contribution in [0.3, 0.4) is 0 Å². The molecule has 5 heterocycles. The maximum atomic E-state index is 11.7. The molecule has 0 aromatic carbocycles. The smallest absolute Gasteiger partial charge is 0.336 e. The first-order valence-corrected chi connectivity index (χ1v) is 15.3. The van der Waals surface area contributed by atoms with Gasteiger partial charge in [-0.15, -0.1) is 0 Å². The maximum Gasteiger partial charge on any atom is 0.336 e. The number of carboxylic acids is 3. The van der Waals surface area contributed by atoms with Gasteiger partial charge >= 0.3 is 17.9 Å². The lowest BCUT2D eigenvalue weighted by atomic mass is 9.96. The van der Waals surface area contributed by atoms with Crippen LogP contribution >= 0.6 is 0 Å². The molecule has 5 rings (SSSR count). The molecule has 8 atom stereocenters. The van der Waals surface area contributed by atoms with Gasteiger partial charge in [-0.05, 0) is 0 Å². The van der Waals surface area contributed by atoms with E-state index < -0.39 is 111 Å². The number of nitrogens with two attached hydrogens (primary N) is 2. The van der Waals surface area contributed by atoms with Gasteiger partial charge in [0.25, 0.3) is 5.56 Å². The Hall–Kier alpha value is -5.53. The highest BCUT2D eigenvalue weighted by Gasteiger charge is 2.44. The molecule has 1 saturated heterocycles.